The average molecular weight is 406 g/mol. The van der Waals surface area contributed by atoms with E-state index in [1.54, 1.807) is 0 Å². The van der Waals surface area contributed by atoms with E-state index in [4.69, 9.17) is 0 Å². The number of hydrogen-bond acceptors (Lipinski definition) is 2. The van der Waals surface area contributed by atoms with Crippen molar-refractivity contribution in [2.24, 2.45) is 0 Å². The molecule has 0 saturated carbocycles. The lowest BCUT2D eigenvalue weighted by atomic mass is 9.98. The van der Waals surface area contributed by atoms with Crippen LogP contribution in [0, 0.1) is 0 Å². The highest BCUT2D eigenvalue weighted by Crippen LogP contribution is 2.31. The van der Waals surface area contributed by atoms with Gasteiger partial charge in [-0.2, -0.15) is 0 Å². The summed E-state index contributed by atoms with van der Waals surface area (Å²) >= 11 is 7.19. The number of aromatic nitrogens is 1. The van der Waals surface area contributed by atoms with E-state index in [1.807, 2.05) is 25.4 Å². The first-order valence-electron chi connectivity index (χ1n) is 6.66. The quantitative estimate of drug-likeness (QED) is 0.657. The molecule has 3 aromatic rings. The van der Waals surface area contributed by atoms with Crippen LogP contribution in [0.3, 0.4) is 0 Å². The fourth-order valence-electron chi connectivity index (χ4n) is 2.50. The number of rotatable bonds is 3. The molecular weight excluding hydrogens is 392 g/mol. The summed E-state index contributed by atoms with van der Waals surface area (Å²) in [6, 6.07) is 16.8. The molecule has 0 amide bonds. The highest BCUT2D eigenvalue weighted by atomic mass is 79.9. The van der Waals surface area contributed by atoms with E-state index >= 15 is 0 Å². The van der Waals surface area contributed by atoms with Crippen molar-refractivity contribution in [2.45, 2.75) is 6.04 Å². The van der Waals surface area contributed by atoms with E-state index in [1.165, 1.54) is 11.1 Å². The standard InChI is InChI=1S/C17H14Br2N2/c1-20-17(14-10-13(18)6-7-15(14)19)12-5-4-11-3-2-8-21-16(11)9-12/h2-10,17,20H,1H3. The van der Waals surface area contributed by atoms with Crippen molar-refractivity contribution in [2.75, 3.05) is 7.05 Å². The third-order valence-electron chi connectivity index (χ3n) is 3.52. The molecule has 3 rings (SSSR count). The maximum Gasteiger partial charge on any atom is 0.0705 e. The van der Waals surface area contributed by atoms with Gasteiger partial charge in [0.2, 0.25) is 0 Å². The predicted molar refractivity (Wildman–Crippen MR) is 94.5 cm³/mol. The Morgan fingerprint density at radius 3 is 2.71 bits per heavy atom. The van der Waals surface area contributed by atoms with Crippen LogP contribution in [0.1, 0.15) is 17.2 Å². The minimum Gasteiger partial charge on any atom is -0.309 e. The summed E-state index contributed by atoms with van der Waals surface area (Å²) in [4.78, 5) is 4.44. The van der Waals surface area contributed by atoms with E-state index in [0.717, 1.165) is 19.8 Å². The minimum absolute atomic E-state index is 0.114. The lowest BCUT2D eigenvalue weighted by Gasteiger charge is -2.19. The van der Waals surface area contributed by atoms with Gasteiger partial charge in [0.05, 0.1) is 11.6 Å². The molecule has 2 aromatic carbocycles. The SMILES string of the molecule is CNC(c1ccc2cccnc2c1)c1cc(Br)ccc1Br. The lowest BCUT2D eigenvalue weighted by Crippen LogP contribution is -2.18. The number of pyridine rings is 1. The zero-order chi connectivity index (χ0) is 14.8. The van der Waals surface area contributed by atoms with E-state index < -0.39 is 0 Å². The molecule has 1 aromatic heterocycles. The summed E-state index contributed by atoms with van der Waals surface area (Å²) in [6.45, 7) is 0. The third kappa shape index (κ3) is 3.03. The van der Waals surface area contributed by atoms with Crippen LogP contribution in [0.4, 0.5) is 0 Å². The molecule has 0 aliphatic carbocycles. The molecule has 106 valence electrons. The van der Waals surface area contributed by atoms with Crippen molar-refractivity contribution in [3.8, 4) is 0 Å². The van der Waals surface area contributed by atoms with Gasteiger partial charge in [-0.05, 0) is 48.5 Å². The molecule has 0 spiro atoms. The second kappa shape index (κ2) is 6.26. The number of nitrogens with zero attached hydrogens (tertiary/aromatic N) is 1. The fraction of sp³-hybridized carbons (Fsp3) is 0.118. The van der Waals surface area contributed by atoms with Crippen molar-refractivity contribution in [3.63, 3.8) is 0 Å². The van der Waals surface area contributed by atoms with Crippen LogP contribution in [0.2, 0.25) is 0 Å². The van der Waals surface area contributed by atoms with Crippen molar-refractivity contribution >= 4 is 42.8 Å². The van der Waals surface area contributed by atoms with Crippen LogP contribution in [0.5, 0.6) is 0 Å². The average Bonchev–Trinajstić information content (AvgIpc) is 2.51. The fourth-order valence-corrected chi connectivity index (χ4v) is 3.35. The number of fused-ring (bicyclic) bond motifs is 1. The van der Waals surface area contributed by atoms with Crippen LogP contribution >= 0.6 is 31.9 Å². The molecule has 1 heterocycles. The Hall–Kier alpha value is -1.23. The van der Waals surface area contributed by atoms with Gasteiger partial charge in [0.25, 0.3) is 0 Å². The summed E-state index contributed by atoms with van der Waals surface area (Å²) in [5, 5.41) is 4.55. The molecular formula is C17H14Br2N2. The molecule has 0 bridgehead atoms. The van der Waals surface area contributed by atoms with Gasteiger partial charge in [-0.25, -0.2) is 0 Å². The maximum atomic E-state index is 4.44. The van der Waals surface area contributed by atoms with Gasteiger partial charge in [0.1, 0.15) is 0 Å². The molecule has 0 saturated heterocycles. The molecule has 2 nitrogen and oxygen atoms in total. The van der Waals surface area contributed by atoms with Gasteiger partial charge >= 0.3 is 0 Å². The lowest BCUT2D eigenvalue weighted by molar-refractivity contribution is 0.689. The summed E-state index contributed by atoms with van der Waals surface area (Å²) < 4.78 is 2.16. The maximum absolute atomic E-state index is 4.44. The van der Waals surface area contributed by atoms with Gasteiger partial charge in [0, 0.05) is 20.5 Å². The Bertz CT molecular complexity index is 787. The number of halogens is 2. The van der Waals surface area contributed by atoms with E-state index in [9.17, 15) is 0 Å². The molecule has 1 atom stereocenters. The normalized spacial score (nSPS) is 12.5. The molecule has 1 N–H and O–H groups in total. The highest BCUT2D eigenvalue weighted by molar-refractivity contribution is 9.11. The monoisotopic (exact) mass is 404 g/mol. The van der Waals surface area contributed by atoms with E-state index in [0.29, 0.717) is 0 Å². The van der Waals surface area contributed by atoms with Gasteiger partial charge in [-0.3, -0.25) is 4.98 Å². The van der Waals surface area contributed by atoms with Gasteiger partial charge < -0.3 is 5.32 Å². The molecule has 0 aliphatic heterocycles. The summed E-state index contributed by atoms with van der Waals surface area (Å²) in [5.74, 6) is 0. The molecule has 1 unspecified atom stereocenters. The summed E-state index contributed by atoms with van der Waals surface area (Å²) in [5.41, 5.74) is 3.41. The third-order valence-corrected chi connectivity index (χ3v) is 4.74. The van der Waals surface area contributed by atoms with Gasteiger partial charge in [-0.1, -0.05) is 50.1 Å². The summed E-state index contributed by atoms with van der Waals surface area (Å²) in [7, 11) is 1.97. The van der Waals surface area contributed by atoms with Crippen molar-refractivity contribution in [1.29, 1.82) is 0 Å². The van der Waals surface area contributed by atoms with Crippen LogP contribution < -0.4 is 5.32 Å². The number of nitrogens with one attached hydrogen (secondary N) is 1. The first-order valence-corrected chi connectivity index (χ1v) is 8.24. The first-order chi connectivity index (χ1) is 10.2. The molecule has 0 fully saturated rings. The Balaban J connectivity index is 2.11. The highest BCUT2D eigenvalue weighted by Gasteiger charge is 2.16. The molecule has 21 heavy (non-hydrogen) atoms. The number of benzene rings is 2. The summed E-state index contributed by atoms with van der Waals surface area (Å²) in [6.07, 6.45) is 1.83. The van der Waals surface area contributed by atoms with Gasteiger partial charge in [-0.15, -0.1) is 0 Å². The number of hydrogen-bond donors (Lipinski definition) is 1. The van der Waals surface area contributed by atoms with E-state index in [2.05, 4.69) is 78.6 Å². The Kier molecular flexibility index (Phi) is 4.38. The van der Waals surface area contributed by atoms with Crippen LogP contribution in [0.15, 0.2) is 63.7 Å². The van der Waals surface area contributed by atoms with Crippen molar-refractivity contribution in [1.82, 2.24) is 10.3 Å². The Morgan fingerprint density at radius 2 is 1.90 bits per heavy atom. The second-order valence-electron chi connectivity index (χ2n) is 4.84. The van der Waals surface area contributed by atoms with Crippen LogP contribution in [0.25, 0.3) is 10.9 Å². The minimum atomic E-state index is 0.114. The Morgan fingerprint density at radius 1 is 1.05 bits per heavy atom. The van der Waals surface area contributed by atoms with Crippen molar-refractivity contribution < 1.29 is 0 Å². The zero-order valence-corrected chi connectivity index (χ0v) is 14.6. The van der Waals surface area contributed by atoms with Crippen LogP contribution in [-0.2, 0) is 0 Å². The predicted octanol–water partition coefficient (Wildman–Crippen LogP) is 5.07. The largest absolute Gasteiger partial charge is 0.309 e. The smallest absolute Gasteiger partial charge is 0.0705 e. The Labute approximate surface area is 140 Å². The topological polar surface area (TPSA) is 24.9 Å². The van der Waals surface area contributed by atoms with Gasteiger partial charge in [0.15, 0.2) is 0 Å². The van der Waals surface area contributed by atoms with Crippen LogP contribution in [-0.4, -0.2) is 12.0 Å². The molecule has 0 aliphatic rings. The molecule has 4 heteroatoms. The molecule has 0 radical (unpaired) electrons. The first kappa shape index (κ1) is 14.7. The second-order valence-corrected chi connectivity index (χ2v) is 6.61. The zero-order valence-electron chi connectivity index (χ0n) is 11.5. The van der Waals surface area contributed by atoms with E-state index in [-0.39, 0.29) is 6.04 Å². The van der Waals surface area contributed by atoms with Crippen molar-refractivity contribution in [3.05, 3.63) is 74.8 Å².